The normalized spacial score (nSPS) is 20.2. The van der Waals surface area contributed by atoms with Gasteiger partial charge in [-0.05, 0) is 32.0 Å². The molecule has 1 aliphatic heterocycles. The van der Waals surface area contributed by atoms with Gasteiger partial charge in [0.25, 0.3) is 5.91 Å². The molecule has 7 heteroatoms. The molecule has 2 aromatic heterocycles. The Morgan fingerprint density at radius 3 is 2.81 bits per heavy atom. The molecule has 2 N–H and O–H groups in total. The molecule has 136 valence electrons. The molecule has 1 aliphatic rings. The summed E-state index contributed by atoms with van der Waals surface area (Å²) in [6.45, 7) is 4.36. The number of hydrogen-bond acceptors (Lipinski definition) is 3. The molecule has 0 bridgehead atoms. The molecule has 3 heterocycles. The Kier molecular flexibility index (Phi) is 4.03. The number of methoxy groups -OCH3 is 1. The predicted octanol–water partition coefficient (Wildman–Crippen LogP) is 3.25. The number of halogens is 1. The summed E-state index contributed by atoms with van der Waals surface area (Å²) in [5.74, 6) is 0.231. The Labute approximate surface area is 150 Å². The number of carbonyl (C=O) groups excluding carboxylic acids is 1. The second-order valence-electron chi connectivity index (χ2n) is 6.78. The summed E-state index contributed by atoms with van der Waals surface area (Å²) in [4.78, 5) is 25.8. The molecule has 3 aromatic rings. The number of carbonyl (C=O) groups is 1. The zero-order chi connectivity index (χ0) is 18.4. The van der Waals surface area contributed by atoms with Gasteiger partial charge in [0.15, 0.2) is 0 Å². The van der Waals surface area contributed by atoms with Crippen LogP contribution in [0.1, 0.15) is 40.2 Å². The average Bonchev–Trinajstić information content (AvgIpc) is 3.32. The zero-order valence-electron chi connectivity index (χ0n) is 15.0. The lowest BCUT2D eigenvalue weighted by Gasteiger charge is -2.22. The van der Waals surface area contributed by atoms with Crippen LogP contribution < -0.4 is 0 Å². The number of aromatic amines is 2. The van der Waals surface area contributed by atoms with E-state index in [4.69, 9.17) is 4.74 Å². The SMILES string of the molecule is CO[C@@H]1C[C@@H](c2nc(C)c(C)[nH]2)N(C(=O)c2cc3c(F)cccc3[nH]2)C1. The van der Waals surface area contributed by atoms with Gasteiger partial charge < -0.3 is 19.6 Å². The molecule has 0 unspecified atom stereocenters. The van der Waals surface area contributed by atoms with Gasteiger partial charge in [-0.3, -0.25) is 4.79 Å². The van der Waals surface area contributed by atoms with Crippen molar-refractivity contribution in [1.29, 1.82) is 0 Å². The highest BCUT2D eigenvalue weighted by molar-refractivity contribution is 5.98. The van der Waals surface area contributed by atoms with Crippen LogP contribution in [0.25, 0.3) is 10.9 Å². The summed E-state index contributed by atoms with van der Waals surface area (Å²) in [6, 6.07) is 6.14. The Balaban J connectivity index is 1.70. The van der Waals surface area contributed by atoms with E-state index in [2.05, 4.69) is 15.0 Å². The van der Waals surface area contributed by atoms with Crippen molar-refractivity contribution in [1.82, 2.24) is 19.9 Å². The fourth-order valence-electron chi connectivity index (χ4n) is 3.57. The van der Waals surface area contributed by atoms with Crippen LogP contribution >= 0.6 is 0 Å². The van der Waals surface area contributed by atoms with Crippen molar-refractivity contribution in [2.24, 2.45) is 0 Å². The highest BCUT2D eigenvalue weighted by atomic mass is 19.1. The van der Waals surface area contributed by atoms with Crippen LogP contribution in [-0.2, 0) is 4.74 Å². The van der Waals surface area contributed by atoms with Crippen molar-refractivity contribution in [3.8, 4) is 0 Å². The maximum Gasteiger partial charge on any atom is 0.271 e. The first-order valence-corrected chi connectivity index (χ1v) is 8.62. The van der Waals surface area contributed by atoms with E-state index in [1.54, 1.807) is 30.2 Å². The smallest absolute Gasteiger partial charge is 0.271 e. The molecule has 1 aromatic carbocycles. The van der Waals surface area contributed by atoms with Crippen molar-refractivity contribution in [2.75, 3.05) is 13.7 Å². The van der Waals surface area contributed by atoms with Crippen molar-refractivity contribution in [2.45, 2.75) is 32.4 Å². The van der Waals surface area contributed by atoms with Crippen molar-refractivity contribution in [3.05, 3.63) is 53.0 Å². The number of hydrogen-bond donors (Lipinski definition) is 2. The topological polar surface area (TPSA) is 74.0 Å². The summed E-state index contributed by atoms with van der Waals surface area (Å²) in [5.41, 5.74) is 2.88. The van der Waals surface area contributed by atoms with Crippen LogP contribution in [0.15, 0.2) is 24.3 Å². The van der Waals surface area contributed by atoms with E-state index in [-0.39, 0.29) is 23.9 Å². The Morgan fingerprint density at radius 1 is 1.35 bits per heavy atom. The van der Waals surface area contributed by atoms with Gasteiger partial charge in [-0.25, -0.2) is 9.37 Å². The molecule has 1 fully saturated rings. The molecule has 0 spiro atoms. The standard InChI is InChI=1S/C19H21FN4O2/c1-10-11(2)22-18(21-10)17-7-12(26-3)9-24(17)19(25)16-8-13-14(20)5-4-6-15(13)23-16/h4-6,8,12,17,23H,7,9H2,1-3H3,(H,21,22)/t12-,17+/m1/s1. The van der Waals surface area contributed by atoms with E-state index in [0.29, 0.717) is 29.6 Å². The first kappa shape index (κ1) is 16.8. The van der Waals surface area contributed by atoms with Crippen LogP contribution in [-0.4, -0.2) is 45.5 Å². The van der Waals surface area contributed by atoms with Gasteiger partial charge in [0, 0.05) is 36.7 Å². The molecule has 0 radical (unpaired) electrons. The minimum atomic E-state index is -0.345. The van der Waals surface area contributed by atoms with Crippen LogP contribution in [0.3, 0.4) is 0 Å². The number of nitrogens with one attached hydrogen (secondary N) is 2. The van der Waals surface area contributed by atoms with Gasteiger partial charge in [0.2, 0.25) is 0 Å². The average molecular weight is 356 g/mol. The number of rotatable bonds is 3. The van der Waals surface area contributed by atoms with Crippen LogP contribution in [0.5, 0.6) is 0 Å². The van der Waals surface area contributed by atoms with E-state index in [9.17, 15) is 9.18 Å². The fourth-order valence-corrected chi connectivity index (χ4v) is 3.57. The molecule has 2 atom stereocenters. The van der Waals surface area contributed by atoms with E-state index < -0.39 is 0 Å². The zero-order valence-corrected chi connectivity index (χ0v) is 15.0. The van der Waals surface area contributed by atoms with Gasteiger partial charge in [0.05, 0.1) is 17.8 Å². The van der Waals surface area contributed by atoms with Gasteiger partial charge in [-0.1, -0.05) is 6.07 Å². The number of imidazole rings is 1. The predicted molar refractivity (Wildman–Crippen MR) is 95.5 cm³/mol. The monoisotopic (exact) mass is 356 g/mol. The molecule has 4 rings (SSSR count). The van der Waals surface area contributed by atoms with Crippen LogP contribution in [0.2, 0.25) is 0 Å². The summed E-state index contributed by atoms with van der Waals surface area (Å²) >= 11 is 0. The molecule has 26 heavy (non-hydrogen) atoms. The lowest BCUT2D eigenvalue weighted by atomic mass is 10.2. The van der Waals surface area contributed by atoms with Crippen molar-refractivity contribution < 1.29 is 13.9 Å². The Bertz CT molecular complexity index is 958. The van der Waals surface area contributed by atoms with Gasteiger partial charge in [-0.15, -0.1) is 0 Å². The van der Waals surface area contributed by atoms with Crippen molar-refractivity contribution >= 4 is 16.8 Å². The van der Waals surface area contributed by atoms with E-state index >= 15 is 0 Å². The lowest BCUT2D eigenvalue weighted by Crippen LogP contribution is -2.32. The largest absolute Gasteiger partial charge is 0.380 e. The Morgan fingerprint density at radius 2 is 2.15 bits per heavy atom. The van der Waals surface area contributed by atoms with Crippen molar-refractivity contribution in [3.63, 3.8) is 0 Å². The quantitative estimate of drug-likeness (QED) is 0.756. The second kappa shape index (κ2) is 6.25. The molecule has 6 nitrogen and oxygen atoms in total. The molecule has 1 amide bonds. The van der Waals surface area contributed by atoms with Gasteiger partial charge >= 0.3 is 0 Å². The molecular formula is C19H21FN4O2. The number of amides is 1. The first-order chi connectivity index (χ1) is 12.5. The highest BCUT2D eigenvalue weighted by Crippen LogP contribution is 2.34. The fraction of sp³-hybridized carbons (Fsp3) is 0.368. The molecular weight excluding hydrogens is 335 g/mol. The second-order valence-corrected chi connectivity index (χ2v) is 6.78. The summed E-state index contributed by atoms with van der Waals surface area (Å²) in [7, 11) is 1.65. The van der Waals surface area contributed by atoms with E-state index in [1.807, 2.05) is 13.8 Å². The maximum absolute atomic E-state index is 14.0. The number of aromatic nitrogens is 3. The van der Waals surface area contributed by atoms with Gasteiger partial charge in [0.1, 0.15) is 17.3 Å². The number of nitrogens with zero attached hydrogens (tertiary/aromatic N) is 2. The number of likely N-dealkylation sites (tertiary alicyclic amines) is 1. The molecule has 0 aliphatic carbocycles. The number of fused-ring (bicyclic) bond motifs is 1. The Hall–Kier alpha value is -2.67. The number of aryl methyl sites for hydroxylation is 2. The molecule has 0 saturated carbocycles. The summed E-state index contributed by atoms with van der Waals surface area (Å²) < 4.78 is 19.5. The van der Waals surface area contributed by atoms with E-state index in [1.165, 1.54) is 6.07 Å². The van der Waals surface area contributed by atoms with Crippen LogP contribution in [0.4, 0.5) is 4.39 Å². The highest BCUT2D eigenvalue weighted by Gasteiger charge is 2.39. The third kappa shape index (κ3) is 2.68. The maximum atomic E-state index is 14.0. The summed E-state index contributed by atoms with van der Waals surface area (Å²) in [6.07, 6.45) is 0.610. The van der Waals surface area contributed by atoms with E-state index in [0.717, 1.165) is 17.2 Å². The third-order valence-electron chi connectivity index (χ3n) is 5.16. The van der Waals surface area contributed by atoms with Gasteiger partial charge in [-0.2, -0.15) is 0 Å². The first-order valence-electron chi connectivity index (χ1n) is 8.62. The van der Waals surface area contributed by atoms with Crippen LogP contribution in [0, 0.1) is 19.7 Å². The third-order valence-corrected chi connectivity index (χ3v) is 5.16. The number of benzene rings is 1. The lowest BCUT2D eigenvalue weighted by molar-refractivity contribution is 0.0680. The number of H-pyrrole nitrogens is 2. The minimum absolute atomic E-state index is 0.0595. The number of ether oxygens (including phenoxy) is 1. The summed E-state index contributed by atoms with van der Waals surface area (Å²) in [5, 5.41) is 0.416. The molecule has 1 saturated heterocycles. The minimum Gasteiger partial charge on any atom is -0.380 e.